The number of phenols is 2. The first kappa shape index (κ1) is 23.3. The van der Waals surface area contributed by atoms with E-state index in [0.29, 0.717) is 17.9 Å². The molecule has 4 fully saturated rings. The second-order valence-electron chi connectivity index (χ2n) is 11.8. The van der Waals surface area contributed by atoms with E-state index in [2.05, 4.69) is 24.4 Å². The third kappa shape index (κ3) is 3.13. The van der Waals surface area contributed by atoms with Crippen LogP contribution in [0.2, 0.25) is 0 Å². The van der Waals surface area contributed by atoms with Crippen molar-refractivity contribution in [2.75, 3.05) is 5.32 Å². The summed E-state index contributed by atoms with van der Waals surface area (Å²) in [7, 11) is 0. The number of amides is 1. The van der Waals surface area contributed by atoms with Gasteiger partial charge in [0.15, 0.2) is 5.78 Å². The van der Waals surface area contributed by atoms with Crippen LogP contribution in [0.15, 0.2) is 48.5 Å². The number of hydrogen-bond acceptors (Lipinski definition) is 5. The first-order chi connectivity index (χ1) is 17.1. The minimum Gasteiger partial charge on any atom is -0.506 e. The number of nitrogens with one attached hydrogen (secondary N) is 1. The second kappa shape index (κ2) is 7.69. The van der Waals surface area contributed by atoms with Crippen LogP contribution in [0.25, 0.3) is 5.57 Å². The van der Waals surface area contributed by atoms with Gasteiger partial charge < -0.3 is 20.3 Å². The van der Waals surface area contributed by atoms with E-state index in [-0.39, 0.29) is 58.3 Å². The Labute approximate surface area is 211 Å². The maximum Gasteiger partial charge on any atom is 0.224 e. The molecule has 2 aromatic carbocycles. The zero-order valence-electron chi connectivity index (χ0n) is 21.0. The molecule has 2 saturated carbocycles. The third-order valence-corrected chi connectivity index (χ3v) is 9.68. The molecule has 1 spiro atoms. The summed E-state index contributed by atoms with van der Waals surface area (Å²) in [6.07, 6.45) is 5.19. The molecule has 6 nitrogen and oxygen atoms in total. The van der Waals surface area contributed by atoms with Crippen molar-refractivity contribution in [2.45, 2.75) is 64.6 Å². The zero-order valence-corrected chi connectivity index (χ0v) is 21.0. The molecule has 188 valence electrons. The fourth-order valence-corrected chi connectivity index (χ4v) is 8.08. The highest BCUT2D eigenvalue weighted by atomic mass is 16.5. The number of aryl methyl sites for hydroxylation is 1. The average molecular weight is 488 g/mol. The quantitative estimate of drug-likeness (QED) is 0.493. The molecule has 5 unspecified atom stereocenters. The molecule has 6 heteroatoms. The van der Waals surface area contributed by atoms with Crippen LogP contribution in [0.3, 0.4) is 0 Å². The summed E-state index contributed by atoms with van der Waals surface area (Å²) >= 11 is 0. The number of hydrogen-bond donors (Lipinski definition) is 3. The summed E-state index contributed by atoms with van der Waals surface area (Å²) in [6.45, 7) is 5.94. The van der Waals surface area contributed by atoms with E-state index in [1.165, 1.54) is 6.07 Å². The Bertz CT molecular complexity index is 1300. The van der Waals surface area contributed by atoms with Crippen molar-refractivity contribution in [1.29, 1.82) is 0 Å². The number of benzene rings is 2. The molecule has 4 bridgehead atoms. The molecule has 7 rings (SSSR count). The fraction of sp³-hybridized carbons (Fsp3) is 0.467. The highest BCUT2D eigenvalue weighted by Gasteiger charge is 2.73. The number of ketones is 1. The van der Waals surface area contributed by atoms with Gasteiger partial charge in [-0.2, -0.15) is 0 Å². The predicted octanol–water partition coefficient (Wildman–Crippen LogP) is 5.37. The lowest BCUT2D eigenvalue weighted by molar-refractivity contribution is -0.166. The molecule has 1 amide bonds. The van der Waals surface area contributed by atoms with Gasteiger partial charge in [-0.25, -0.2) is 0 Å². The number of carbonyl (C=O) groups excluding carboxylic acids is 2. The van der Waals surface area contributed by atoms with Crippen LogP contribution in [-0.2, 0) is 14.3 Å². The van der Waals surface area contributed by atoms with Crippen LogP contribution in [0.1, 0.15) is 57.1 Å². The van der Waals surface area contributed by atoms with E-state index < -0.39 is 5.41 Å². The minimum absolute atomic E-state index is 0.00175. The number of allylic oxidation sites excluding steroid dienone is 2. The lowest BCUT2D eigenvalue weighted by Crippen LogP contribution is -2.57. The lowest BCUT2D eigenvalue weighted by atomic mass is 9.48. The highest BCUT2D eigenvalue weighted by Crippen LogP contribution is 2.74. The molecular formula is C30H33NO5. The number of ether oxygens (including phenoxy) is 1. The largest absolute Gasteiger partial charge is 0.506 e. The number of anilines is 1. The predicted molar refractivity (Wildman–Crippen MR) is 136 cm³/mol. The molecule has 6 atom stereocenters. The van der Waals surface area contributed by atoms with Gasteiger partial charge in [-0.05, 0) is 74.3 Å². The molecular weight excluding hydrogens is 454 g/mol. The van der Waals surface area contributed by atoms with Crippen LogP contribution in [0.5, 0.6) is 11.5 Å². The summed E-state index contributed by atoms with van der Waals surface area (Å²) < 4.78 is 6.63. The van der Waals surface area contributed by atoms with Crippen molar-refractivity contribution in [3.63, 3.8) is 0 Å². The van der Waals surface area contributed by atoms with Crippen LogP contribution >= 0.6 is 0 Å². The van der Waals surface area contributed by atoms with Gasteiger partial charge in [-0.3, -0.25) is 9.59 Å². The van der Waals surface area contributed by atoms with Gasteiger partial charge in [-0.1, -0.05) is 43.3 Å². The summed E-state index contributed by atoms with van der Waals surface area (Å²) in [6, 6.07) is 13.3. The van der Waals surface area contributed by atoms with Gasteiger partial charge >= 0.3 is 0 Å². The van der Waals surface area contributed by atoms with Gasteiger partial charge in [0.05, 0.1) is 11.7 Å². The normalized spacial score (nSPS) is 36.0. The summed E-state index contributed by atoms with van der Waals surface area (Å²) in [5, 5.41) is 23.1. The maximum absolute atomic E-state index is 13.8. The summed E-state index contributed by atoms with van der Waals surface area (Å²) in [5.74, 6) is -0.145. The molecule has 2 saturated heterocycles. The number of rotatable bonds is 5. The second-order valence-corrected chi connectivity index (χ2v) is 11.8. The van der Waals surface area contributed by atoms with E-state index in [4.69, 9.17) is 4.74 Å². The lowest BCUT2D eigenvalue weighted by Gasteiger charge is -2.57. The van der Waals surface area contributed by atoms with Crippen molar-refractivity contribution in [2.24, 2.45) is 22.7 Å². The zero-order chi connectivity index (χ0) is 25.5. The molecule has 0 aromatic heterocycles. The molecule has 36 heavy (non-hydrogen) atoms. The Hall–Kier alpha value is -3.12. The number of phenolic OH excluding ortho intramolecular Hbond substituents is 2. The highest BCUT2D eigenvalue weighted by molar-refractivity contribution is 6.04. The molecule has 2 heterocycles. The third-order valence-electron chi connectivity index (χ3n) is 9.68. The van der Waals surface area contributed by atoms with Crippen molar-refractivity contribution in [3.05, 3.63) is 59.7 Å². The fourth-order valence-electron chi connectivity index (χ4n) is 8.08. The Balaban J connectivity index is 1.33. The molecule has 3 N–H and O–H groups in total. The Morgan fingerprint density at radius 3 is 2.61 bits per heavy atom. The molecule has 5 aliphatic rings. The first-order valence-electron chi connectivity index (χ1n) is 12.9. The SMILES string of the molecule is Cc1ccc(O)c(NC(=O)CC[C@]2(C)C(=O)C=C(c3ccccc3)C34CC5CC(OC5(C)C3)C42)c1O. The van der Waals surface area contributed by atoms with Gasteiger partial charge in [0.1, 0.15) is 17.2 Å². The van der Waals surface area contributed by atoms with E-state index in [1.54, 1.807) is 13.0 Å². The Kier molecular flexibility index (Phi) is 4.97. The van der Waals surface area contributed by atoms with Crippen molar-refractivity contribution in [1.82, 2.24) is 0 Å². The molecule has 2 aliphatic heterocycles. The van der Waals surface area contributed by atoms with E-state index in [9.17, 15) is 19.8 Å². The van der Waals surface area contributed by atoms with E-state index in [0.717, 1.165) is 30.4 Å². The van der Waals surface area contributed by atoms with E-state index >= 15 is 0 Å². The van der Waals surface area contributed by atoms with Gasteiger partial charge in [0, 0.05) is 23.2 Å². The van der Waals surface area contributed by atoms with Gasteiger partial charge in [0.2, 0.25) is 5.91 Å². The van der Waals surface area contributed by atoms with E-state index in [1.807, 2.05) is 31.2 Å². The monoisotopic (exact) mass is 487 g/mol. The standard InChI is InChI=1S/C30H33NO5/c1-17-9-10-21(32)25(26(17)35)31-24(34)11-12-28(2)23(33)14-20(18-7-5-4-6-8-18)30-15-19-13-22(27(28)30)36-29(19,3)16-30/h4-10,14,19,22,27,32,35H,11-13,15-16H2,1-3H3,(H,31,34)/t19?,22?,27?,28-,29?,30?/m1/s1. The van der Waals surface area contributed by atoms with Gasteiger partial charge in [-0.15, -0.1) is 0 Å². The smallest absolute Gasteiger partial charge is 0.224 e. The van der Waals surface area contributed by atoms with Crippen LogP contribution in [0, 0.1) is 29.6 Å². The van der Waals surface area contributed by atoms with Crippen molar-refractivity contribution < 1.29 is 24.5 Å². The summed E-state index contributed by atoms with van der Waals surface area (Å²) in [4.78, 5) is 26.8. The summed E-state index contributed by atoms with van der Waals surface area (Å²) in [5.41, 5.74) is 1.76. The molecule has 2 aromatic rings. The Morgan fingerprint density at radius 1 is 1.14 bits per heavy atom. The van der Waals surface area contributed by atoms with Crippen molar-refractivity contribution >= 4 is 23.0 Å². The van der Waals surface area contributed by atoms with Crippen LogP contribution in [0.4, 0.5) is 5.69 Å². The van der Waals surface area contributed by atoms with Crippen molar-refractivity contribution in [3.8, 4) is 11.5 Å². The molecule has 0 radical (unpaired) electrons. The van der Waals surface area contributed by atoms with Crippen LogP contribution in [-0.4, -0.2) is 33.6 Å². The maximum atomic E-state index is 13.8. The van der Waals surface area contributed by atoms with Crippen LogP contribution < -0.4 is 5.32 Å². The first-order valence-corrected chi connectivity index (χ1v) is 12.9. The topological polar surface area (TPSA) is 95.9 Å². The Morgan fingerprint density at radius 2 is 1.89 bits per heavy atom. The minimum atomic E-state index is -0.742. The average Bonchev–Trinajstić information content (AvgIpc) is 3.22. The molecule has 3 aliphatic carbocycles. The number of carbonyl (C=O) groups is 2. The number of aromatic hydroxyl groups is 2. The van der Waals surface area contributed by atoms with Gasteiger partial charge in [0.25, 0.3) is 0 Å².